The first kappa shape index (κ1) is 14.8. The molecule has 112 valence electrons. The van der Waals surface area contributed by atoms with Crippen molar-refractivity contribution in [1.82, 2.24) is 0 Å². The number of Topliss-reactive ketones (excluding diaryl/α,β-unsaturated/α-hetero) is 1. The van der Waals surface area contributed by atoms with Gasteiger partial charge in [0.2, 0.25) is 0 Å². The number of unbranched alkanes of at least 4 members (excludes halogenated alkanes) is 1. The monoisotopic (exact) mass is 348 g/mol. The number of carbonyl (C=O) groups is 1. The molecule has 3 rings (SSSR count). The van der Waals surface area contributed by atoms with Crippen LogP contribution in [0.25, 0.3) is 5.57 Å². The molecule has 0 heterocycles. The summed E-state index contributed by atoms with van der Waals surface area (Å²) in [6, 6.07) is 5.58. The van der Waals surface area contributed by atoms with Gasteiger partial charge in [-0.25, -0.2) is 0 Å². The minimum Gasteiger partial charge on any atom is -0.508 e. The van der Waals surface area contributed by atoms with Crippen LogP contribution in [-0.4, -0.2) is 10.9 Å². The van der Waals surface area contributed by atoms with E-state index in [2.05, 4.69) is 22.9 Å². The predicted molar refractivity (Wildman–Crippen MR) is 88.5 cm³/mol. The fraction of sp³-hybridized carbons (Fsp3) is 0.500. The Balaban J connectivity index is 2.15. The van der Waals surface area contributed by atoms with E-state index >= 15 is 0 Å². The van der Waals surface area contributed by atoms with E-state index in [-0.39, 0.29) is 11.2 Å². The normalized spacial score (nSPS) is 24.8. The Bertz CT molecular complexity index is 618. The Morgan fingerprint density at radius 3 is 2.81 bits per heavy atom. The van der Waals surface area contributed by atoms with Crippen molar-refractivity contribution in [2.24, 2.45) is 5.41 Å². The van der Waals surface area contributed by atoms with Crippen LogP contribution in [-0.2, 0) is 11.2 Å². The molecule has 0 saturated heterocycles. The number of aryl methyl sites for hydroxylation is 1. The van der Waals surface area contributed by atoms with Gasteiger partial charge in [-0.2, -0.15) is 0 Å². The standard InChI is InChI=1S/C18H21BrO2/c1-2-3-8-18-9-6-12-11-13(20)4-5-14(12)16(18)17(19)15(21)7-10-18/h4-5,11,20H,2-3,6-10H2,1H3. The highest BCUT2D eigenvalue weighted by Gasteiger charge is 2.43. The molecule has 0 radical (unpaired) electrons. The van der Waals surface area contributed by atoms with Crippen molar-refractivity contribution in [3.63, 3.8) is 0 Å². The lowest BCUT2D eigenvalue weighted by atomic mass is 9.61. The van der Waals surface area contributed by atoms with E-state index in [1.54, 1.807) is 6.07 Å². The van der Waals surface area contributed by atoms with Crippen molar-refractivity contribution in [1.29, 1.82) is 0 Å². The van der Waals surface area contributed by atoms with Crippen LogP contribution in [0.3, 0.4) is 0 Å². The van der Waals surface area contributed by atoms with Crippen LogP contribution >= 0.6 is 15.9 Å². The van der Waals surface area contributed by atoms with Gasteiger partial charge in [0.25, 0.3) is 0 Å². The SMILES string of the molecule is CCCCC12CCC(=O)C(Br)=C1c1ccc(O)cc1CC2. The van der Waals surface area contributed by atoms with Crippen molar-refractivity contribution in [2.75, 3.05) is 0 Å². The van der Waals surface area contributed by atoms with Gasteiger partial charge in [-0.15, -0.1) is 0 Å². The van der Waals surface area contributed by atoms with Crippen LogP contribution in [0.4, 0.5) is 0 Å². The minimum atomic E-state index is 0.146. The molecule has 1 N–H and O–H groups in total. The van der Waals surface area contributed by atoms with Crippen molar-refractivity contribution >= 4 is 27.3 Å². The third-order valence-electron chi connectivity index (χ3n) is 5.07. The Labute approximate surface area is 134 Å². The van der Waals surface area contributed by atoms with E-state index in [4.69, 9.17) is 0 Å². The molecule has 1 atom stereocenters. The van der Waals surface area contributed by atoms with E-state index in [9.17, 15) is 9.90 Å². The summed E-state index contributed by atoms with van der Waals surface area (Å²) in [5, 5.41) is 9.71. The molecule has 1 aromatic carbocycles. The summed E-state index contributed by atoms with van der Waals surface area (Å²) in [5.41, 5.74) is 3.68. The second kappa shape index (κ2) is 5.60. The van der Waals surface area contributed by atoms with Crippen LogP contribution in [0.1, 0.15) is 56.6 Å². The summed E-state index contributed by atoms with van der Waals surface area (Å²) in [7, 11) is 0. The Hall–Kier alpha value is -1.09. The molecule has 0 saturated carbocycles. The maximum absolute atomic E-state index is 12.2. The lowest BCUT2D eigenvalue weighted by Gasteiger charge is -2.44. The number of hydrogen-bond donors (Lipinski definition) is 1. The molecule has 0 amide bonds. The summed E-state index contributed by atoms with van der Waals surface area (Å²) in [5.74, 6) is 0.534. The van der Waals surface area contributed by atoms with Gasteiger partial charge in [0, 0.05) is 6.42 Å². The zero-order chi connectivity index (χ0) is 15.0. The first-order chi connectivity index (χ1) is 10.1. The predicted octanol–water partition coefficient (Wildman–Crippen LogP) is 4.98. The molecular weight excluding hydrogens is 328 g/mol. The molecular formula is C18H21BrO2. The highest BCUT2D eigenvalue weighted by Crippen LogP contribution is 2.56. The molecule has 0 aliphatic heterocycles. The third-order valence-corrected chi connectivity index (χ3v) is 5.90. The Morgan fingerprint density at radius 2 is 2.05 bits per heavy atom. The number of aromatic hydroxyl groups is 1. The fourth-order valence-corrected chi connectivity index (χ4v) is 4.74. The van der Waals surface area contributed by atoms with E-state index < -0.39 is 0 Å². The largest absolute Gasteiger partial charge is 0.508 e. The Morgan fingerprint density at radius 1 is 1.29 bits per heavy atom. The first-order valence-corrected chi connectivity index (χ1v) is 8.62. The van der Waals surface area contributed by atoms with E-state index in [1.165, 1.54) is 24.0 Å². The third kappa shape index (κ3) is 2.46. The molecule has 2 aliphatic rings. The van der Waals surface area contributed by atoms with Crippen LogP contribution in [0.5, 0.6) is 5.75 Å². The molecule has 1 aromatic rings. The molecule has 1 unspecified atom stereocenters. The summed E-state index contributed by atoms with van der Waals surface area (Å²) in [4.78, 5) is 12.2. The lowest BCUT2D eigenvalue weighted by Crippen LogP contribution is -2.33. The van der Waals surface area contributed by atoms with Crippen LogP contribution in [0, 0.1) is 5.41 Å². The van der Waals surface area contributed by atoms with Gasteiger partial charge >= 0.3 is 0 Å². The highest BCUT2D eigenvalue weighted by molar-refractivity contribution is 9.12. The molecule has 0 bridgehead atoms. The molecule has 21 heavy (non-hydrogen) atoms. The van der Waals surface area contributed by atoms with Gasteiger partial charge in [-0.3, -0.25) is 4.79 Å². The van der Waals surface area contributed by atoms with Crippen LogP contribution < -0.4 is 0 Å². The number of fused-ring (bicyclic) bond motifs is 3. The van der Waals surface area contributed by atoms with E-state index in [0.717, 1.165) is 35.7 Å². The number of ketones is 1. The number of halogens is 1. The summed E-state index contributed by atoms with van der Waals surface area (Å²) in [6.45, 7) is 2.22. The van der Waals surface area contributed by atoms with Gasteiger partial charge in [0.15, 0.2) is 5.78 Å². The lowest BCUT2D eigenvalue weighted by molar-refractivity contribution is -0.115. The maximum atomic E-state index is 12.2. The fourth-order valence-electron chi connectivity index (χ4n) is 3.91. The van der Waals surface area contributed by atoms with Crippen LogP contribution in [0.2, 0.25) is 0 Å². The minimum absolute atomic E-state index is 0.146. The van der Waals surface area contributed by atoms with E-state index in [0.29, 0.717) is 12.2 Å². The van der Waals surface area contributed by atoms with E-state index in [1.807, 2.05) is 12.1 Å². The average molecular weight is 349 g/mol. The molecule has 0 aromatic heterocycles. The van der Waals surface area contributed by atoms with Gasteiger partial charge < -0.3 is 5.11 Å². The zero-order valence-corrected chi connectivity index (χ0v) is 14.0. The van der Waals surface area contributed by atoms with Crippen molar-refractivity contribution in [2.45, 2.75) is 51.9 Å². The van der Waals surface area contributed by atoms with Gasteiger partial charge in [0.05, 0.1) is 4.48 Å². The maximum Gasteiger partial charge on any atom is 0.170 e. The number of benzene rings is 1. The van der Waals surface area contributed by atoms with Crippen molar-refractivity contribution in [3.8, 4) is 5.75 Å². The van der Waals surface area contributed by atoms with Gasteiger partial charge in [0.1, 0.15) is 5.75 Å². The van der Waals surface area contributed by atoms with Crippen LogP contribution in [0.15, 0.2) is 22.7 Å². The quantitative estimate of drug-likeness (QED) is 0.835. The Kier molecular flexibility index (Phi) is 3.96. The highest BCUT2D eigenvalue weighted by atomic mass is 79.9. The number of rotatable bonds is 3. The summed E-state index contributed by atoms with van der Waals surface area (Å²) < 4.78 is 0.775. The molecule has 2 aliphatic carbocycles. The number of phenols is 1. The second-order valence-electron chi connectivity index (χ2n) is 6.34. The summed E-state index contributed by atoms with van der Waals surface area (Å²) in [6.07, 6.45) is 7.24. The molecule has 3 heteroatoms. The number of hydrogen-bond acceptors (Lipinski definition) is 2. The number of carbonyl (C=O) groups excluding carboxylic acids is 1. The second-order valence-corrected chi connectivity index (χ2v) is 7.13. The molecule has 0 fully saturated rings. The van der Waals surface area contributed by atoms with Crippen molar-refractivity contribution in [3.05, 3.63) is 33.8 Å². The van der Waals surface area contributed by atoms with Gasteiger partial charge in [-0.05, 0) is 75.9 Å². The topological polar surface area (TPSA) is 37.3 Å². The van der Waals surface area contributed by atoms with Gasteiger partial charge in [-0.1, -0.05) is 25.8 Å². The first-order valence-electron chi connectivity index (χ1n) is 7.83. The zero-order valence-electron chi connectivity index (χ0n) is 12.4. The number of phenolic OH excluding ortho intramolecular Hbond substituents is 1. The molecule has 0 spiro atoms. The average Bonchev–Trinajstić information content (AvgIpc) is 2.49. The summed E-state index contributed by atoms with van der Waals surface area (Å²) >= 11 is 3.58. The number of allylic oxidation sites excluding steroid dienone is 2. The van der Waals surface area contributed by atoms with Crippen molar-refractivity contribution < 1.29 is 9.90 Å². The molecule has 2 nitrogen and oxygen atoms in total. The smallest absolute Gasteiger partial charge is 0.170 e.